The van der Waals surface area contributed by atoms with Crippen LogP contribution >= 0.6 is 11.8 Å². The lowest BCUT2D eigenvalue weighted by Gasteiger charge is -2.35. The number of nitrogens with zero attached hydrogens (tertiary/aromatic N) is 2. The summed E-state index contributed by atoms with van der Waals surface area (Å²) in [5.41, 5.74) is 0.625. The van der Waals surface area contributed by atoms with E-state index < -0.39 is 0 Å². The van der Waals surface area contributed by atoms with Crippen LogP contribution in [0.1, 0.15) is 59.9 Å². The third-order valence-electron chi connectivity index (χ3n) is 5.98. The summed E-state index contributed by atoms with van der Waals surface area (Å²) < 4.78 is 1.70. The molecule has 0 unspecified atom stereocenters. The van der Waals surface area contributed by atoms with Gasteiger partial charge in [0.1, 0.15) is 0 Å². The Bertz CT molecular complexity index is 908. The molecule has 152 valence electrons. The average molecular weight is 402 g/mol. The van der Waals surface area contributed by atoms with E-state index in [-0.39, 0.29) is 28.8 Å². The van der Waals surface area contributed by atoms with Crippen LogP contribution in [0.2, 0.25) is 0 Å². The summed E-state index contributed by atoms with van der Waals surface area (Å²) in [4.78, 5) is 30.5. The molecule has 0 saturated heterocycles. The van der Waals surface area contributed by atoms with Crippen LogP contribution in [0.5, 0.6) is 0 Å². The molecule has 2 aromatic rings. The van der Waals surface area contributed by atoms with Crippen LogP contribution in [0.3, 0.4) is 0 Å². The van der Waals surface area contributed by atoms with Crippen LogP contribution < -0.4 is 10.9 Å². The van der Waals surface area contributed by atoms with E-state index in [0.717, 1.165) is 12.8 Å². The molecule has 1 heterocycles. The Kier molecular flexibility index (Phi) is 6.48. The Hall–Kier alpha value is -1.82. The largest absolute Gasteiger partial charge is 0.352 e. The van der Waals surface area contributed by atoms with Crippen molar-refractivity contribution in [1.82, 2.24) is 14.9 Å². The molecule has 1 aliphatic rings. The van der Waals surface area contributed by atoms with E-state index in [0.29, 0.717) is 27.9 Å². The number of thioether (sulfide) groups is 1. The number of hydrogen-bond acceptors (Lipinski definition) is 4. The number of nitrogens with one attached hydrogen (secondary N) is 1. The molecule has 1 aromatic heterocycles. The number of fused-ring (bicyclic) bond motifs is 1. The number of carbonyl (C=O) groups excluding carboxylic acids is 1. The molecule has 1 amide bonds. The van der Waals surface area contributed by atoms with E-state index in [2.05, 4.69) is 19.2 Å². The number of carbonyl (C=O) groups is 1. The van der Waals surface area contributed by atoms with E-state index in [4.69, 9.17) is 4.98 Å². The van der Waals surface area contributed by atoms with Gasteiger partial charge in [-0.15, -0.1) is 0 Å². The first kappa shape index (κ1) is 20.9. The minimum Gasteiger partial charge on any atom is -0.352 e. The van der Waals surface area contributed by atoms with Crippen LogP contribution in [0, 0.1) is 11.8 Å². The number of hydrogen-bond donors (Lipinski definition) is 1. The quantitative estimate of drug-likeness (QED) is 0.596. The maximum atomic E-state index is 12.9. The summed E-state index contributed by atoms with van der Waals surface area (Å²) in [6.07, 6.45) is 3.44. The van der Waals surface area contributed by atoms with Gasteiger partial charge in [0.05, 0.1) is 16.2 Å². The molecule has 0 spiro atoms. The van der Waals surface area contributed by atoms with Gasteiger partial charge in [-0.3, -0.25) is 14.2 Å². The Balaban J connectivity index is 1.82. The summed E-state index contributed by atoms with van der Waals surface area (Å²) in [6, 6.07) is 7.59. The van der Waals surface area contributed by atoms with Gasteiger partial charge in [-0.05, 0) is 51.2 Å². The highest BCUT2D eigenvalue weighted by molar-refractivity contribution is 8.00. The van der Waals surface area contributed by atoms with Crippen molar-refractivity contribution in [3.63, 3.8) is 0 Å². The molecule has 1 saturated carbocycles. The Morgan fingerprint density at radius 2 is 1.93 bits per heavy atom. The maximum absolute atomic E-state index is 12.9. The Morgan fingerprint density at radius 1 is 1.21 bits per heavy atom. The van der Waals surface area contributed by atoms with E-state index in [1.54, 1.807) is 10.6 Å². The van der Waals surface area contributed by atoms with Crippen LogP contribution in [0.15, 0.2) is 34.2 Å². The van der Waals surface area contributed by atoms with Crippen molar-refractivity contribution in [2.75, 3.05) is 0 Å². The molecule has 1 aromatic carbocycles. The second-order valence-corrected chi connectivity index (χ2v) is 9.63. The van der Waals surface area contributed by atoms with Gasteiger partial charge in [0, 0.05) is 12.1 Å². The van der Waals surface area contributed by atoms with Gasteiger partial charge in [-0.1, -0.05) is 50.6 Å². The third-order valence-corrected chi connectivity index (χ3v) is 7.04. The van der Waals surface area contributed by atoms with Gasteiger partial charge in [-0.2, -0.15) is 0 Å². The molecular formula is C22H31N3O2S. The molecule has 3 rings (SSSR count). The van der Waals surface area contributed by atoms with Gasteiger partial charge in [0.2, 0.25) is 5.91 Å². The third kappa shape index (κ3) is 4.27. The first-order valence-electron chi connectivity index (χ1n) is 10.3. The smallest absolute Gasteiger partial charge is 0.262 e. The van der Waals surface area contributed by atoms with Crippen molar-refractivity contribution in [3.05, 3.63) is 34.6 Å². The summed E-state index contributed by atoms with van der Waals surface area (Å²) >= 11 is 1.37. The van der Waals surface area contributed by atoms with Crippen LogP contribution in [0.25, 0.3) is 10.9 Å². The highest BCUT2D eigenvalue weighted by Crippen LogP contribution is 2.30. The first-order chi connectivity index (χ1) is 13.3. The molecule has 1 N–H and O–H groups in total. The predicted octanol–water partition coefficient (Wildman–Crippen LogP) is 4.40. The Labute approximate surface area is 171 Å². The standard InChI is InChI=1S/C22H31N3O2S/c1-13(2)25-21(27)17-10-6-7-11-19(17)24-22(25)28-16(5)20(26)23-18-12-8-9-14(3)15(18)4/h6-7,10-11,13-16,18H,8-9,12H2,1-5H3,(H,23,26)/t14-,15+,16+,18+/m0/s1. The second kappa shape index (κ2) is 8.68. The topological polar surface area (TPSA) is 64.0 Å². The van der Waals surface area contributed by atoms with E-state index in [1.807, 2.05) is 39.0 Å². The highest BCUT2D eigenvalue weighted by atomic mass is 32.2. The molecule has 0 aliphatic heterocycles. The van der Waals surface area contributed by atoms with Gasteiger partial charge in [-0.25, -0.2) is 4.98 Å². The molecule has 0 radical (unpaired) electrons. The van der Waals surface area contributed by atoms with Crippen molar-refractivity contribution in [1.29, 1.82) is 0 Å². The maximum Gasteiger partial charge on any atom is 0.262 e. The van der Waals surface area contributed by atoms with E-state index in [9.17, 15) is 9.59 Å². The second-order valence-electron chi connectivity index (χ2n) is 8.32. The van der Waals surface area contributed by atoms with E-state index >= 15 is 0 Å². The molecule has 6 heteroatoms. The number of para-hydroxylation sites is 1. The lowest BCUT2D eigenvalue weighted by atomic mass is 9.78. The van der Waals surface area contributed by atoms with Crippen LogP contribution in [-0.2, 0) is 4.79 Å². The highest BCUT2D eigenvalue weighted by Gasteiger charge is 2.30. The fourth-order valence-corrected chi connectivity index (χ4v) is 5.01. The number of rotatable bonds is 5. The van der Waals surface area contributed by atoms with Crippen LogP contribution in [-0.4, -0.2) is 26.8 Å². The van der Waals surface area contributed by atoms with Gasteiger partial charge < -0.3 is 5.32 Å². The minimum atomic E-state index is -0.317. The summed E-state index contributed by atoms with van der Waals surface area (Å²) in [6.45, 7) is 10.3. The average Bonchev–Trinajstić information content (AvgIpc) is 2.65. The number of benzene rings is 1. The van der Waals surface area contributed by atoms with Gasteiger partial charge >= 0.3 is 0 Å². The zero-order valence-electron chi connectivity index (χ0n) is 17.4. The lowest BCUT2D eigenvalue weighted by Crippen LogP contribution is -2.46. The van der Waals surface area contributed by atoms with Crippen molar-refractivity contribution in [2.45, 2.75) is 76.4 Å². The fraction of sp³-hybridized carbons (Fsp3) is 0.591. The summed E-state index contributed by atoms with van der Waals surface area (Å²) in [7, 11) is 0. The van der Waals surface area contributed by atoms with E-state index in [1.165, 1.54) is 18.2 Å². The number of aromatic nitrogens is 2. The lowest BCUT2D eigenvalue weighted by molar-refractivity contribution is -0.121. The molecule has 1 fully saturated rings. The predicted molar refractivity (Wildman–Crippen MR) is 116 cm³/mol. The summed E-state index contributed by atoms with van der Waals surface area (Å²) in [5.74, 6) is 1.14. The van der Waals surface area contributed by atoms with Crippen molar-refractivity contribution in [3.8, 4) is 0 Å². The molecule has 0 bridgehead atoms. The molecule has 28 heavy (non-hydrogen) atoms. The van der Waals surface area contributed by atoms with Crippen molar-refractivity contribution < 1.29 is 4.79 Å². The van der Waals surface area contributed by atoms with Gasteiger partial charge in [0.25, 0.3) is 5.56 Å². The van der Waals surface area contributed by atoms with Crippen molar-refractivity contribution in [2.24, 2.45) is 11.8 Å². The van der Waals surface area contributed by atoms with Crippen molar-refractivity contribution >= 4 is 28.6 Å². The zero-order valence-corrected chi connectivity index (χ0v) is 18.3. The monoisotopic (exact) mass is 401 g/mol. The molecule has 1 aliphatic carbocycles. The fourth-order valence-electron chi connectivity index (χ4n) is 3.96. The molecular weight excluding hydrogens is 370 g/mol. The molecule has 5 nitrogen and oxygen atoms in total. The Morgan fingerprint density at radius 3 is 2.64 bits per heavy atom. The first-order valence-corrected chi connectivity index (χ1v) is 11.2. The van der Waals surface area contributed by atoms with Crippen LogP contribution in [0.4, 0.5) is 0 Å². The SMILES string of the molecule is CC(C)n1c(S[C@H](C)C(=O)N[C@@H]2CCC[C@H](C)[C@H]2C)nc2ccccc2c1=O. The summed E-state index contributed by atoms with van der Waals surface area (Å²) in [5, 5.41) is 4.14. The number of amides is 1. The van der Waals surface area contributed by atoms with Gasteiger partial charge in [0.15, 0.2) is 5.16 Å². The zero-order chi connectivity index (χ0) is 20.4. The minimum absolute atomic E-state index is 0.0219. The molecule has 4 atom stereocenters. The normalized spacial score (nSPS) is 23.7.